The Morgan fingerprint density at radius 1 is 1.26 bits per heavy atom. The first-order chi connectivity index (χ1) is 20.3. The average Bonchev–Trinajstić information content (AvgIpc) is 3.80. The van der Waals surface area contributed by atoms with Crippen LogP contribution in [-0.4, -0.2) is 79.0 Å². The quantitative estimate of drug-likeness (QED) is 0.255. The predicted octanol–water partition coefficient (Wildman–Crippen LogP) is 3.75. The SMILES string of the molecule is COC(CF)CN(CCCCc1ccc2c(n1)NCCC2)CCC(NC(=O)C1(c2c(F)cccc2C#N)CC1)C(=O)O. The molecule has 2 aromatic rings. The zero-order valence-electron chi connectivity index (χ0n) is 24.0. The molecule has 2 atom stereocenters. The van der Waals surface area contributed by atoms with Gasteiger partial charge in [-0.15, -0.1) is 0 Å². The molecule has 1 saturated carbocycles. The van der Waals surface area contributed by atoms with Crippen molar-refractivity contribution in [1.29, 1.82) is 5.26 Å². The summed E-state index contributed by atoms with van der Waals surface area (Å²) in [6, 6.07) is 8.95. The number of hydrogen-bond donors (Lipinski definition) is 3. The summed E-state index contributed by atoms with van der Waals surface area (Å²) in [4.78, 5) is 32.1. The number of carboxylic acid groups (broad SMARTS) is 1. The number of unbranched alkanes of at least 4 members (excludes halogenated alkanes) is 1. The smallest absolute Gasteiger partial charge is 0.326 e. The summed E-state index contributed by atoms with van der Waals surface area (Å²) in [6.45, 7) is 1.41. The summed E-state index contributed by atoms with van der Waals surface area (Å²) in [5, 5.41) is 25.3. The van der Waals surface area contributed by atoms with Crippen LogP contribution in [0.4, 0.5) is 14.6 Å². The monoisotopic (exact) mass is 583 g/mol. The molecule has 0 bridgehead atoms. The highest BCUT2D eigenvalue weighted by molar-refractivity contribution is 5.94. The lowest BCUT2D eigenvalue weighted by atomic mass is 9.90. The van der Waals surface area contributed by atoms with E-state index in [0.29, 0.717) is 19.4 Å². The Morgan fingerprint density at radius 2 is 2.07 bits per heavy atom. The van der Waals surface area contributed by atoms with Crippen LogP contribution >= 0.6 is 0 Å². The summed E-state index contributed by atoms with van der Waals surface area (Å²) >= 11 is 0. The van der Waals surface area contributed by atoms with Crippen LogP contribution in [0.15, 0.2) is 30.3 Å². The number of halogens is 2. The lowest BCUT2D eigenvalue weighted by Gasteiger charge is -2.27. The lowest BCUT2D eigenvalue weighted by Crippen LogP contribution is -2.48. The maximum atomic E-state index is 14.7. The number of fused-ring (bicyclic) bond motifs is 1. The number of aliphatic carboxylic acids is 1. The zero-order chi connectivity index (χ0) is 30.1. The molecule has 1 fully saturated rings. The lowest BCUT2D eigenvalue weighted by molar-refractivity contribution is -0.142. The standard InChI is InChI=1S/C31H39F2N5O4/c1-42-24(18-32)20-38(16-3-2-8-23-11-10-21-7-5-15-35-28(21)36-23)17-12-26(29(39)40)37-30(41)31(13-14-31)27-22(19-34)6-4-9-25(27)33/h4,6,9-11,24,26H,2-3,5,7-8,12-18,20H2,1H3,(H,35,36)(H,37,41)(H,39,40). The van der Waals surface area contributed by atoms with Gasteiger partial charge < -0.3 is 25.4 Å². The molecule has 0 spiro atoms. The fourth-order valence-electron chi connectivity index (χ4n) is 5.60. The van der Waals surface area contributed by atoms with Crippen molar-refractivity contribution in [3.05, 3.63) is 58.5 Å². The fraction of sp³-hybridized carbons (Fsp3) is 0.548. The molecule has 1 aromatic carbocycles. The molecule has 1 aliphatic heterocycles. The van der Waals surface area contributed by atoms with Crippen LogP contribution in [0, 0.1) is 17.1 Å². The molecular weight excluding hydrogens is 544 g/mol. The molecule has 42 heavy (non-hydrogen) atoms. The number of carbonyl (C=O) groups is 2. The number of carbonyl (C=O) groups excluding carboxylic acids is 1. The Morgan fingerprint density at radius 3 is 2.76 bits per heavy atom. The minimum atomic E-state index is -1.25. The largest absolute Gasteiger partial charge is 0.480 e. The summed E-state index contributed by atoms with van der Waals surface area (Å²) < 4.78 is 33.4. The van der Waals surface area contributed by atoms with E-state index in [1.807, 2.05) is 11.0 Å². The number of aromatic nitrogens is 1. The Hall–Kier alpha value is -3.62. The number of aryl methyl sites for hydroxylation is 2. The molecule has 1 aromatic heterocycles. The van der Waals surface area contributed by atoms with Crippen LogP contribution in [0.25, 0.3) is 0 Å². The number of pyridine rings is 1. The summed E-state index contributed by atoms with van der Waals surface area (Å²) in [5.74, 6) is -1.51. The van der Waals surface area contributed by atoms with E-state index < -0.39 is 41.9 Å². The maximum absolute atomic E-state index is 14.7. The number of methoxy groups -OCH3 is 1. The molecule has 1 amide bonds. The van der Waals surface area contributed by atoms with Crippen molar-refractivity contribution in [3.8, 4) is 6.07 Å². The second-order valence-electron chi connectivity index (χ2n) is 11.1. The number of rotatable bonds is 16. The number of benzene rings is 1. The van der Waals surface area contributed by atoms with Gasteiger partial charge in [-0.05, 0) is 81.7 Å². The van der Waals surface area contributed by atoms with Crippen LogP contribution in [0.3, 0.4) is 0 Å². The highest BCUT2D eigenvalue weighted by atomic mass is 19.1. The van der Waals surface area contributed by atoms with Crippen LogP contribution in [0.5, 0.6) is 0 Å². The van der Waals surface area contributed by atoms with Crippen LogP contribution < -0.4 is 10.6 Å². The summed E-state index contributed by atoms with van der Waals surface area (Å²) in [5.41, 5.74) is 1.08. The van der Waals surface area contributed by atoms with Gasteiger partial charge in [-0.2, -0.15) is 5.26 Å². The highest BCUT2D eigenvalue weighted by Gasteiger charge is 2.54. The van der Waals surface area contributed by atoms with E-state index in [1.165, 1.54) is 30.9 Å². The molecule has 3 N–H and O–H groups in total. The molecule has 4 rings (SSSR count). The number of ether oxygens (including phenoxy) is 1. The predicted molar refractivity (Wildman–Crippen MR) is 153 cm³/mol. The number of hydrogen-bond acceptors (Lipinski definition) is 7. The molecule has 11 heteroatoms. The van der Waals surface area contributed by atoms with Gasteiger partial charge in [0.1, 0.15) is 24.4 Å². The van der Waals surface area contributed by atoms with Crippen molar-refractivity contribution in [3.63, 3.8) is 0 Å². The molecule has 226 valence electrons. The fourth-order valence-corrected chi connectivity index (χ4v) is 5.60. The van der Waals surface area contributed by atoms with Crippen molar-refractivity contribution in [2.24, 2.45) is 0 Å². The number of carboxylic acids is 1. The van der Waals surface area contributed by atoms with E-state index in [1.54, 1.807) is 0 Å². The highest BCUT2D eigenvalue weighted by Crippen LogP contribution is 2.50. The summed E-state index contributed by atoms with van der Waals surface area (Å²) in [7, 11) is 1.44. The van der Waals surface area contributed by atoms with Gasteiger partial charge in [0.15, 0.2) is 0 Å². The first-order valence-corrected chi connectivity index (χ1v) is 14.6. The molecule has 0 radical (unpaired) electrons. The number of amides is 1. The molecule has 2 unspecified atom stereocenters. The van der Waals surface area contributed by atoms with Crippen LogP contribution in [0.2, 0.25) is 0 Å². The van der Waals surface area contributed by atoms with Gasteiger partial charge >= 0.3 is 5.97 Å². The van der Waals surface area contributed by atoms with Crippen molar-refractivity contribution in [1.82, 2.24) is 15.2 Å². The average molecular weight is 584 g/mol. The van der Waals surface area contributed by atoms with Gasteiger partial charge in [-0.25, -0.2) is 18.6 Å². The third kappa shape index (κ3) is 7.61. The molecule has 1 aliphatic carbocycles. The molecule has 2 aliphatic rings. The van der Waals surface area contributed by atoms with E-state index in [0.717, 1.165) is 50.2 Å². The van der Waals surface area contributed by atoms with E-state index in [9.17, 15) is 28.7 Å². The van der Waals surface area contributed by atoms with Gasteiger partial charge in [-0.1, -0.05) is 12.1 Å². The minimum absolute atomic E-state index is 0.0193. The Labute approximate surface area is 245 Å². The maximum Gasteiger partial charge on any atom is 0.326 e. The molecular formula is C31H39F2N5O4. The van der Waals surface area contributed by atoms with Gasteiger partial charge in [0.2, 0.25) is 5.91 Å². The van der Waals surface area contributed by atoms with E-state index in [2.05, 4.69) is 22.8 Å². The molecule has 0 saturated heterocycles. The van der Waals surface area contributed by atoms with Crippen LogP contribution in [0.1, 0.15) is 60.9 Å². The number of nitrogens with zero attached hydrogens (tertiary/aromatic N) is 3. The van der Waals surface area contributed by atoms with Gasteiger partial charge in [-0.3, -0.25) is 4.79 Å². The third-order valence-electron chi connectivity index (χ3n) is 8.21. The number of nitrogens with one attached hydrogen (secondary N) is 2. The Balaban J connectivity index is 1.35. The third-order valence-corrected chi connectivity index (χ3v) is 8.21. The van der Waals surface area contributed by atoms with Crippen molar-refractivity contribution in [2.45, 2.75) is 68.9 Å². The Kier molecular flexibility index (Phi) is 10.8. The van der Waals surface area contributed by atoms with Crippen molar-refractivity contribution >= 4 is 17.7 Å². The van der Waals surface area contributed by atoms with Gasteiger partial charge in [0.05, 0.1) is 23.2 Å². The normalized spacial score (nSPS) is 16.5. The zero-order valence-corrected chi connectivity index (χ0v) is 24.0. The number of nitriles is 1. The second kappa shape index (κ2) is 14.5. The summed E-state index contributed by atoms with van der Waals surface area (Å²) in [6.07, 6.45) is 4.62. The van der Waals surface area contributed by atoms with E-state index in [4.69, 9.17) is 9.72 Å². The topological polar surface area (TPSA) is 128 Å². The second-order valence-corrected chi connectivity index (χ2v) is 11.1. The van der Waals surface area contributed by atoms with Gasteiger partial charge in [0.25, 0.3) is 0 Å². The molecule has 9 nitrogen and oxygen atoms in total. The van der Waals surface area contributed by atoms with Crippen molar-refractivity contribution < 1.29 is 28.2 Å². The molecule has 2 heterocycles. The van der Waals surface area contributed by atoms with E-state index in [-0.39, 0.29) is 30.6 Å². The first kappa shape index (κ1) is 31.3. The minimum Gasteiger partial charge on any atom is -0.480 e. The van der Waals surface area contributed by atoms with Crippen LogP contribution in [-0.2, 0) is 32.6 Å². The first-order valence-electron chi connectivity index (χ1n) is 14.6. The van der Waals surface area contributed by atoms with E-state index >= 15 is 0 Å². The number of alkyl halides is 1. The number of anilines is 1. The van der Waals surface area contributed by atoms with Gasteiger partial charge in [0, 0.05) is 38.0 Å². The van der Waals surface area contributed by atoms with Crippen molar-refractivity contribution in [2.75, 3.05) is 45.3 Å². The Bertz CT molecular complexity index is 1290.